The van der Waals surface area contributed by atoms with Crippen LogP contribution in [0.25, 0.3) is 0 Å². The van der Waals surface area contributed by atoms with Gasteiger partial charge in [0.05, 0.1) is 6.04 Å². The number of hydrogen-bond donors (Lipinski definition) is 1. The fraction of sp³-hybridized carbons (Fsp3) is 0.300. The minimum absolute atomic E-state index is 0.0436. The van der Waals surface area contributed by atoms with Gasteiger partial charge in [0.2, 0.25) is 0 Å². The van der Waals surface area contributed by atoms with Gasteiger partial charge in [-0.25, -0.2) is 0 Å². The second kappa shape index (κ2) is 6.48. The first kappa shape index (κ1) is 16.2. The number of carbonyl (C=O) groups is 2. The Balaban J connectivity index is 2.24. The van der Waals surface area contributed by atoms with E-state index in [-0.39, 0.29) is 11.9 Å². The number of carboxylic acids is 1. The van der Waals surface area contributed by atoms with E-state index in [4.69, 9.17) is 0 Å². The maximum Gasteiger partial charge on any atom is 0.313 e. The number of carboxylic acid groups (broad SMARTS) is 1. The smallest absolute Gasteiger partial charge is 0.313 e. The standard InChI is InChI=1S/C20H21NO3/c1-3-13(2)21-18(14-9-5-4-6-10-14)17(20(23)24)15-11-7-8-12-16(15)19(21)22/h4-13,17-18H,3H2,1-2H3,(H,23,24). The molecular weight excluding hydrogens is 302 g/mol. The number of carbonyl (C=O) groups excluding carboxylic acids is 1. The van der Waals surface area contributed by atoms with Gasteiger partial charge in [0.15, 0.2) is 0 Å². The molecule has 3 unspecified atom stereocenters. The maximum absolute atomic E-state index is 13.1. The highest BCUT2D eigenvalue weighted by molar-refractivity contribution is 6.00. The Morgan fingerprint density at radius 3 is 2.38 bits per heavy atom. The van der Waals surface area contributed by atoms with Gasteiger partial charge in [-0.3, -0.25) is 9.59 Å². The second-order valence-corrected chi connectivity index (χ2v) is 6.23. The lowest BCUT2D eigenvalue weighted by Crippen LogP contribution is -2.48. The summed E-state index contributed by atoms with van der Waals surface area (Å²) in [6.07, 6.45) is 0.767. The number of nitrogens with zero attached hydrogens (tertiary/aromatic N) is 1. The van der Waals surface area contributed by atoms with Crippen molar-refractivity contribution in [3.8, 4) is 0 Å². The van der Waals surface area contributed by atoms with Crippen LogP contribution in [0.4, 0.5) is 0 Å². The topological polar surface area (TPSA) is 57.6 Å². The Kier molecular flexibility index (Phi) is 4.38. The minimum atomic E-state index is -0.905. The quantitative estimate of drug-likeness (QED) is 0.930. The van der Waals surface area contributed by atoms with Crippen LogP contribution < -0.4 is 0 Å². The van der Waals surface area contributed by atoms with E-state index in [0.29, 0.717) is 11.1 Å². The zero-order chi connectivity index (χ0) is 17.3. The van der Waals surface area contributed by atoms with Gasteiger partial charge >= 0.3 is 5.97 Å². The molecule has 3 atom stereocenters. The lowest BCUT2D eigenvalue weighted by atomic mass is 9.79. The normalized spacial score (nSPS) is 21.2. The molecule has 0 bridgehead atoms. The van der Waals surface area contributed by atoms with E-state index in [1.165, 1.54) is 0 Å². The lowest BCUT2D eigenvalue weighted by molar-refractivity contribution is -0.140. The van der Waals surface area contributed by atoms with Crippen molar-refractivity contribution < 1.29 is 14.7 Å². The molecule has 0 radical (unpaired) electrons. The van der Waals surface area contributed by atoms with E-state index in [9.17, 15) is 14.7 Å². The van der Waals surface area contributed by atoms with Crippen LogP contribution >= 0.6 is 0 Å². The van der Waals surface area contributed by atoms with E-state index >= 15 is 0 Å². The van der Waals surface area contributed by atoms with Crippen LogP contribution in [0.5, 0.6) is 0 Å². The maximum atomic E-state index is 13.1. The lowest BCUT2D eigenvalue weighted by Gasteiger charge is -2.43. The van der Waals surface area contributed by atoms with Gasteiger partial charge in [-0.05, 0) is 30.5 Å². The molecule has 0 aliphatic carbocycles. The Hall–Kier alpha value is -2.62. The first-order valence-corrected chi connectivity index (χ1v) is 8.25. The molecule has 4 nitrogen and oxygen atoms in total. The van der Waals surface area contributed by atoms with Crippen LogP contribution in [0.15, 0.2) is 54.6 Å². The van der Waals surface area contributed by atoms with Crippen molar-refractivity contribution in [2.45, 2.75) is 38.3 Å². The molecule has 1 amide bonds. The van der Waals surface area contributed by atoms with Gasteiger partial charge in [-0.15, -0.1) is 0 Å². The minimum Gasteiger partial charge on any atom is -0.481 e. The summed E-state index contributed by atoms with van der Waals surface area (Å²) in [7, 11) is 0. The number of aliphatic carboxylic acids is 1. The summed E-state index contributed by atoms with van der Waals surface area (Å²) in [5, 5.41) is 9.94. The molecule has 2 aromatic rings. The number of hydrogen-bond acceptors (Lipinski definition) is 2. The largest absolute Gasteiger partial charge is 0.481 e. The van der Waals surface area contributed by atoms with Crippen LogP contribution in [0.2, 0.25) is 0 Å². The van der Waals surface area contributed by atoms with Crippen molar-refractivity contribution >= 4 is 11.9 Å². The third kappa shape index (κ3) is 2.58. The SMILES string of the molecule is CCC(C)N1C(=O)c2ccccc2C(C(=O)O)C1c1ccccc1. The third-order valence-electron chi connectivity index (χ3n) is 4.85. The Morgan fingerprint density at radius 1 is 1.12 bits per heavy atom. The average molecular weight is 323 g/mol. The molecule has 1 N–H and O–H groups in total. The first-order valence-electron chi connectivity index (χ1n) is 8.25. The molecule has 1 aliphatic heterocycles. The predicted octanol–water partition coefficient (Wildman–Crippen LogP) is 3.85. The van der Waals surface area contributed by atoms with Crippen molar-refractivity contribution in [1.29, 1.82) is 0 Å². The van der Waals surface area contributed by atoms with Crippen molar-refractivity contribution in [2.75, 3.05) is 0 Å². The predicted molar refractivity (Wildman–Crippen MR) is 91.9 cm³/mol. The molecule has 0 spiro atoms. The molecule has 0 fully saturated rings. The Labute approximate surface area is 141 Å². The van der Waals surface area contributed by atoms with Gasteiger partial charge in [0.1, 0.15) is 5.92 Å². The molecule has 1 aliphatic rings. The summed E-state index contributed by atoms with van der Waals surface area (Å²) < 4.78 is 0. The molecule has 124 valence electrons. The van der Waals surface area contributed by atoms with Crippen LogP contribution in [0.3, 0.4) is 0 Å². The van der Waals surface area contributed by atoms with E-state index in [0.717, 1.165) is 12.0 Å². The summed E-state index contributed by atoms with van der Waals surface area (Å²) in [5.74, 6) is -1.77. The van der Waals surface area contributed by atoms with Crippen molar-refractivity contribution in [1.82, 2.24) is 4.90 Å². The summed E-state index contributed by atoms with van der Waals surface area (Å²) in [6, 6.07) is 16.0. The van der Waals surface area contributed by atoms with Crippen LogP contribution in [-0.2, 0) is 4.79 Å². The molecule has 3 rings (SSSR count). The van der Waals surface area contributed by atoms with E-state index < -0.39 is 17.9 Å². The summed E-state index contributed by atoms with van der Waals surface area (Å²) in [6.45, 7) is 3.98. The average Bonchev–Trinajstić information content (AvgIpc) is 2.61. The molecule has 0 saturated heterocycles. The molecule has 0 saturated carbocycles. The highest BCUT2D eigenvalue weighted by atomic mass is 16.4. The molecular formula is C20H21NO3. The van der Waals surface area contributed by atoms with E-state index in [1.54, 1.807) is 29.2 Å². The van der Waals surface area contributed by atoms with Crippen molar-refractivity contribution in [3.63, 3.8) is 0 Å². The van der Waals surface area contributed by atoms with Gasteiger partial charge < -0.3 is 10.0 Å². The molecule has 0 aromatic heterocycles. The van der Waals surface area contributed by atoms with Gasteiger partial charge in [0, 0.05) is 11.6 Å². The second-order valence-electron chi connectivity index (χ2n) is 6.23. The van der Waals surface area contributed by atoms with Crippen LogP contribution in [-0.4, -0.2) is 27.9 Å². The van der Waals surface area contributed by atoms with Gasteiger partial charge in [-0.1, -0.05) is 55.5 Å². The molecule has 24 heavy (non-hydrogen) atoms. The third-order valence-corrected chi connectivity index (χ3v) is 4.85. The number of fused-ring (bicyclic) bond motifs is 1. The highest BCUT2D eigenvalue weighted by Gasteiger charge is 2.45. The first-order chi connectivity index (χ1) is 11.6. The number of rotatable bonds is 4. The zero-order valence-electron chi connectivity index (χ0n) is 13.8. The van der Waals surface area contributed by atoms with Crippen molar-refractivity contribution in [3.05, 3.63) is 71.3 Å². The zero-order valence-corrected chi connectivity index (χ0v) is 13.8. The Morgan fingerprint density at radius 2 is 1.75 bits per heavy atom. The summed E-state index contributed by atoms with van der Waals surface area (Å²) in [4.78, 5) is 27.0. The molecule has 1 heterocycles. The monoisotopic (exact) mass is 323 g/mol. The van der Waals surface area contributed by atoms with E-state index in [1.807, 2.05) is 44.2 Å². The van der Waals surface area contributed by atoms with Crippen molar-refractivity contribution in [2.24, 2.45) is 0 Å². The van der Waals surface area contributed by atoms with Crippen LogP contribution in [0.1, 0.15) is 53.7 Å². The van der Waals surface area contributed by atoms with Gasteiger partial charge in [-0.2, -0.15) is 0 Å². The fourth-order valence-electron chi connectivity index (χ4n) is 3.50. The van der Waals surface area contributed by atoms with Crippen LogP contribution in [0, 0.1) is 0 Å². The van der Waals surface area contributed by atoms with Gasteiger partial charge in [0.25, 0.3) is 5.91 Å². The fourth-order valence-corrected chi connectivity index (χ4v) is 3.50. The summed E-state index contributed by atoms with van der Waals surface area (Å²) in [5.41, 5.74) is 1.95. The van der Waals surface area contributed by atoms with E-state index in [2.05, 4.69) is 0 Å². The molecule has 4 heteroatoms. The summed E-state index contributed by atoms with van der Waals surface area (Å²) >= 11 is 0. The Bertz CT molecular complexity index is 756. The number of amides is 1. The highest BCUT2D eigenvalue weighted by Crippen LogP contribution is 2.44. The number of benzene rings is 2. The molecule has 2 aromatic carbocycles.